The lowest BCUT2D eigenvalue weighted by atomic mass is 9.44. The number of carbonyl (C=O) groups excluding carboxylic acids is 5. The number of amides is 1. The molecular weight excluding hydrogens is 766 g/mol. The number of alkyl carbamates (subject to hydrolysis) is 1. The van der Waals surface area contributed by atoms with Crippen molar-refractivity contribution in [3.8, 4) is 0 Å². The molecule has 1 saturated heterocycles. The molecule has 3 fully saturated rings. The number of rotatable bonds is 6. The highest BCUT2D eigenvalue weighted by molar-refractivity contribution is 5.94. The number of ketones is 1. The van der Waals surface area contributed by atoms with Crippen LogP contribution in [0.3, 0.4) is 0 Å². The summed E-state index contributed by atoms with van der Waals surface area (Å²) in [6.07, 6.45) is -9.68. The fraction of sp³-hybridized carbons (Fsp3) is 0.568. The molecule has 318 valence electrons. The van der Waals surface area contributed by atoms with Crippen LogP contribution in [0.2, 0.25) is 0 Å². The van der Waals surface area contributed by atoms with Crippen LogP contribution in [0, 0.1) is 16.7 Å². The smallest absolute Gasteiger partial charge is 0.408 e. The van der Waals surface area contributed by atoms with Crippen molar-refractivity contribution >= 4 is 29.8 Å². The maximum atomic E-state index is 15.0. The second kappa shape index (κ2) is 14.2. The van der Waals surface area contributed by atoms with Crippen LogP contribution in [-0.4, -0.2) is 110 Å². The predicted octanol–water partition coefficient (Wildman–Crippen LogP) is 3.19. The Morgan fingerprint density at radius 1 is 0.932 bits per heavy atom. The minimum Gasteiger partial charge on any atom is -0.456 e. The van der Waals surface area contributed by atoms with Crippen molar-refractivity contribution in [2.45, 2.75) is 134 Å². The molecule has 4 aliphatic carbocycles. The molecule has 5 N–H and O–H groups in total. The average molecular weight is 820 g/mol. The van der Waals surface area contributed by atoms with Crippen LogP contribution >= 0.6 is 0 Å². The lowest BCUT2D eigenvalue weighted by Gasteiger charge is -2.67. The van der Waals surface area contributed by atoms with Gasteiger partial charge in [-0.05, 0) is 69.0 Å². The summed E-state index contributed by atoms with van der Waals surface area (Å²) in [4.78, 5) is 69.7. The van der Waals surface area contributed by atoms with Gasteiger partial charge >= 0.3 is 24.0 Å². The molecule has 1 aliphatic heterocycles. The number of aliphatic hydroxyl groups is 4. The summed E-state index contributed by atoms with van der Waals surface area (Å²) < 4.78 is 29.8. The van der Waals surface area contributed by atoms with E-state index in [9.17, 15) is 39.6 Å². The van der Waals surface area contributed by atoms with Crippen LogP contribution in [0.5, 0.6) is 0 Å². The number of benzene rings is 2. The second-order valence-electron chi connectivity index (χ2n) is 18.4. The van der Waals surface area contributed by atoms with Gasteiger partial charge < -0.3 is 49.4 Å². The van der Waals surface area contributed by atoms with E-state index in [1.165, 1.54) is 26.0 Å². The SMILES string of the molecule is CC(=O)O[C@@]12CO[C@@H]1C[C@H](O)[C@@]1(C)C(=O)[C@H](O)C3=C(C)C(OC(=O)[C@@]4(O)Cc5ccccc5[C@@H]4NC(=O)OC(C)(C)C)C[C@@](O)([C@@H](OC(=O)c4ccccc4)[C@H]21)C3(C)C. The van der Waals surface area contributed by atoms with Crippen LogP contribution in [0.15, 0.2) is 65.7 Å². The van der Waals surface area contributed by atoms with Crippen LogP contribution in [0.1, 0.15) is 95.8 Å². The third-order valence-electron chi connectivity index (χ3n) is 13.5. The van der Waals surface area contributed by atoms with Crippen molar-refractivity contribution < 1.29 is 68.1 Å². The van der Waals surface area contributed by atoms with Gasteiger partial charge in [-0.15, -0.1) is 0 Å². The molecule has 1 amide bonds. The van der Waals surface area contributed by atoms with E-state index in [1.54, 1.807) is 77.1 Å². The molecule has 0 aromatic heterocycles. The monoisotopic (exact) mass is 819 g/mol. The molecule has 59 heavy (non-hydrogen) atoms. The number of hydrogen-bond donors (Lipinski definition) is 5. The summed E-state index contributed by atoms with van der Waals surface area (Å²) in [7, 11) is 0. The molecule has 2 saturated carbocycles. The zero-order valence-corrected chi connectivity index (χ0v) is 34.4. The van der Waals surface area contributed by atoms with Gasteiger partial charge in [-0.3, -0.25) is 9.59 Å². The number of nitrogens with one attached hydrogen (secondary N) is 1. The highest BCUT2D eigenvalue weighted by Crippen LogP contribution is 2.64. The van der Waals surface area contributed by atoms with E-state index in [-0.39, 0.29) is 36.2 Å². The van der Waals surface area contributed by atoms with E-state index in [4.69, 9.17) is 23.7 Å². The topological polar surface area (TPSA) is 224 Å². The maximum absolute atomic E-state index is 15.0. The van der Waals surface area contributed by atoms with Gasteiger partial charge in [0.25, 0.3) is 0 Å². The summed E-state index contributed by atoms with van der Waals surface area (Å²) in [6.45, 7) is 11.9. The highest BCUT2D eigenvalue weighted by Gasteiger charge is 2.78. The zero-order valence-electron chi connectivity index (χ0n) is 34.4. The second-order valence-corrected chi connectivity index (χ2v) is 18.4. The predicted molar refractivity (Wildman–Crippen MR) is 206 cm³/mol. The lowest BCUT2D eigenvalue weighted by molar-refractivity contribution is -0.346. The molecule has 11 atom stereocenters. The Labute approximate surface area is 342 Å². The molecule has 2 aromatic carbocycles. The summed E-state index contributed by atoms with van der Waals surface area (Å²) in [6, 6.07) is 13.3. The number of hydrogen-bond acceptors (Lipinski definition) is 14. The number of carbonyl (C=O) groups is 5. The first-order chi connectivity index (χ1) is 27.4. The minimum absolute atomic E-state index is 0.0552. The van der Waals surface area contributed by atoms with Crippen LogP contribution < -0.4 is 5.32 Å². The highest BCUT2D eigenvalue weighted by atomic mass is 16.6. The van der Waals surface area contributed by atoms with Crippen molar-refractivity contribution in [2.24, 2.45) is 16.7 Å². The van der Waals surface area contributed by atoms with Crippen LogP contribution in [0.25, 0.3) is 0 Å². The molecule has 1 heterocycles. The van der Waals surface area contributed by atoms with E-state index in [0.717, 1.165) is 6.92 Å². The molecule has 15 heteroatoms. The standard InChI is InChI=1S/C44H53NO14/c1-22-27(56-37(51)42(53)19-25-16-12-13-17-26(25)33(42)45-38(52)59-39(3,4)5)20-44(54)35(57-36(50)24-14-10-9-11-15-24)32-41(8,34(49)31(48)30(22)40(44,6)7)28(47)18-29-43(32,21-55-29)58-23(2)46/h9-17,27-29,31-33,35,47-48,53-54H,18-21H2,1-8H3,(H,45,52)/t27?,28-,29+,31+,32-,33-,35-,41+,42+,43-,44+/m0/s1. The Morgan fingerprint density at radius 2 is 1.58 bits per heavy atom. The number of aliphatic hydroxyl groups excluding tert-OH is 2. The summed E-state index contributed by atoms with van der Waals surface area (Å²) in [5.41, 5.74) is -9.86. The van der Waals surface area contributed by atoms with Gasteiger partial charge in [0.05, 0.1) is 35.6 Å². The lowest BCUT2D eigenvalue weighted by Crippen LogP contribution is -2.81. The van der Waals surface area contributed by atoms with Gasteiger partial charge in [-0.2, -0.15) is 0 Å². The first kappa shape index (κ1) is 42.5. The fourth-order valence-electron chi connectivity index (χ4n) is 10.4. The molecule has 1 unspecified atom stereocenters. The normalized spacial score (nSPS) is 36.9. The zero-order chi connectivity index (χ0) is 43.2. The van der Waals surface area contributed by atoms with Gasteiger partial charge in [-0.1, -0.05) is 56.3 Å². The molecule has 0 radical (unpaired) electrons. The third kappa shape index (κ3) is 6.47. The van der Waals surface area contributed by atoms with E-state index in [0.29, 0.717) is 11.1 Å². The van der Waals surface area contributed by atoms with Gasteiger partial charge in [0, 0.05) is 31.6 Å². The molecule has 7 rings (SSSR count). The van der Waals surface area contributed by atoms with Gasteiger partial charge in [-0.25, -0.2) is 14.4 Å². The Morgan fingerprint density at radius 3 is 2.19 bits per heavy atom. The van der Waals surface area contributed by atoms with Crippen molar-refractivity contribution in [1.29, 1.82) is 0 Å². The van der Waals surface area contributed by atoms with Crippen LogP contribution in [-0.2, 0) is 44.5 Å². The molecule has 2 aromatic rings. The van der Waals surface area contributed by atoms with E-state index in [1.807, 2.05) is 0 Å². The van der Waals surface area contributed by atoms with E-state index in [2.05, 4.69) is 5.32 Å². The van der Waals surface area contributed by atoms with Crippen molar-refractivity contribution in [3.63, 3.8) is 0 Å². The Kier molecular flexibility index (Phi) is 10.2. The summed E-state index contributed by atoms with van der Waals surface area (Å²) in [5, 5.41) is 52.6. The average Bonchev–Trinajstić information content (AvgIpc) is 3.44. The number of fused-ring (bicyclic) bond motifs is 6. The fourth-order valence-corrected chi connectivity index (χ4v) is 10.4. The number of ether oxygens (including phenoxy) is 5. The quantitative estimate of drug-likeness (QED) is 0.161. The van der Waals surface area contributed by atoms with Gasteiger partial charge in [0.1, 0.15) is 35.6 Å². The van der Waals surface area contributed by atoms with Crippen molar-refractivity contribution in [2.75, 3.05) is 6.61 Å². The van der Waals surface area contributed by atoms with Gasteiger partial charge in [0.15, 0.2) is 17.0 Å². The van der Waals surface area contributed by atoms with Crippen molar-refractivity contribution in [3.05, 3.63) is 82.4 Å². The number of esters is 3. The summed E-state index contributed by atoms with van der Waals surface area (Å²) in [5.74, 6) is -5.30. The molecular formula is C44H53NO14. The third-order valence-corrected chi connectivity index (χ3v) is 13.5. The first-order valence-corrected chi connectivity index (χ1v) is 19.8. The first-order valence-electron chi connectivity index (χ1n) is 19.8. The molecule has 5 aliphatic rings. The summed E-state index contributed by atoms with van der Waals surface area (Å²) >= 11 is 0. The molecule has 15 nitrogen and oxygen atoms in total. The van der Waals surface area contributed by atoms with Crippen molar-refractivity contribution in [1.82, 2.24) is 5.32 Å². The van der Waals surface area contributed by atoms with E-state index < -0.39 is 112 Å². The Balaban J connectivity index is 1.37. The Hall–Kier alpha value is -4.67. The van der Waals surface area contributed by atoms with E-state index >= 15 is 4.79 Å². The maximum Gasteiger partial charge on any atom is 0.408 e. The largest absolute Gasteiger partial charge is 0.456 e. The minimum atomic E-state index is -2.40. The molecule has 2 bridgehead atoms. The number of Topliss-reactive ketones (excluding diaryl/α,β-unsaturated/α-hetero) is 1. The Bertz CT molecular complexity index is 2110. The van der Waals surface area contributed by atoms with Gasteiger partial charge in [0.2, 0.25) is 0 Å². The van der Waals surface area contributed by atoms with Crippen LogP contribution in [0.4, 0.5) is 4.79 Å². The molecule has 0 spiro atoms.